The Bertz CT molecular complexity index is 472. The van der Waals surface area contributed by atoms with Crippen LogP contribution < -0.4 is 5.32 Å². The molecular weight excluding hydrogens is 264 g/mol. The SMILES string of the molecule is CCCCCN(CC(=O)Nc1ccccc1CC)C(C)=O. The number of para-hydroxylation sites is 1. The van der Waals surface area contributed by atoms with Gasteiger partial charge in [0.1, 0.15) is 0 Å². The topological polar surface area (TPSA) is 49.4 Å². The molecule has 0 aromatic heterocycles. The van der Waals surface area contributed by atoms with Crippen LogP contribution in [-0.4, -0.2) is 29.8 Å². The fourth-order valence-electron chi connectivity index (χ4n) is 2.21. The summed E-state index contributed by atoms with van der Waals surface area (Å²) in [6, 6.07) is 7.76. The molecule has 0 unspecified atom stereocenters. The highest BCUT2D eigenvalue weighted by Crippen LogP contribution is 2.15. The summed E-state index contributed by atoms with van der Waals surface area (Å²) in [5.41, 5.74) is 1.94. The Morgan fingerprint density at radius 1 is 1.14 bits per heavy atom. The lowest BCUT2D eigenvalue weighted by molar-refractivity contribution is -0.132. The molecule has 0 aliphatic rings. The van der Waals surface area contributed by atoms with E-state index in [-0.39, 0.29) is 18.4 Å². The average Bonchev–Trinajstić information content (AvgIpc) is 2.46. The molecular formula is C17H26N2O2. The maximum absolute atomic E-state index is 12.1. The Balaban J connectivity index is 2.59. The number of carbonyl (C=O) groups excluding carboxylic acids is 2. The van der Waals surface area contributed by atoms with Crippen LogP contribution in [0.25, 0.3) is 0 Å². The lowest BCUT2D eigenvalue weighted by Crippen LogP contribution is -2.37. The Morgan fingerprint density at radius 3 is 2.48 bits per heavy atom. The van der Waals surface area contributed by atoms with Crippen molar-refractivity contribution in [2.45, 2.75) is 46.5 Å². The molecule has 0 saturated heterocycles. The predicted molar refractivity (Wildman–Crippen MR) is 86.2 cm³/mol. The van der Waals surface area contributed by atoms with Gasteiger partial charge < -0.3 is 10.2 Å². The van der Waals surface area contributed by atoms with Crippen molar-refractivity contribution in [3.8, 4) is 0 Å². The van der Waals surface area contributed by atoms with Gasteiger partial charge in [-0.25, -0.2) is 0 Å². The second-order valence-electron chi connectivity index (χ2n) is 5.21. The number of hydrogen-bond donors (Lipinski definition) is 1. The number of rotatable bonds is 8. The maximum atomic E-state index is 12.1. The number of anilines is 1. The van der Waals surface area contributed by atoms with Crippen LogP contribution in [0.3, 0.4) is 0 Å². The molecule has 1 N–H and O–H groups in total. The summed E-state index contributed by atoms with van der Waals surface area (Å²) >= 11 is 0. The van der Waals surface area contributed by atoms with E-state index in [1.165, 1.54) is 6.92 Å². The third kappa shape index (κ3) is 5.98. The van der Waals surface area contributed by atoms with Gasteiger partial charge >= 0.3 is 0 Å². The van der Waals surface area contributed by atoms with Crippen LogP contribution in [-0.2, 0) is 16.0 Å². The zero-order valence-corrected chi connectivity index (χ0v) is 13.3. The van der Waals surface area contributed by atoms with Crippen molar-refractivity contribution in [3.63, 3.8) is 0 Å². The van der Waals surface area contributed by atoms with Crippen molar-refractivity contribution in [2.75, 3.05) is 18.4 Å². The summed E-state index contributed by atoms with van der Waals surface area (Å²) in [5.74, 6) is -0.187. The van der Waals surface area contributed by atoms with E-state index < -0.39 is 0 Å². The number of aryl methyl sites for hydroxylation is 1. The molecule has 1 aromatic carbocycles. The fourth-order valence-corrected chi connectivity index (χ4v) is 2.21. The highest BCUT2D eigenvalue weighted by molar-refractivity contribution is 5.94. The quantitative estimate of drug-likeness (QED) is 0.747. The summed E-state index contributed by atoms with van der Waals surface area (Å²) in [4.78, 5) is 25.3. The third-order valence-electron chi connectivity index (χ3n) is 3.48. The van der Waals surface area contributed by atoms with Crippen molar-refractivity contribution in [2.24, 2.45) is 0 Å². The number of amides is 2. The van der Waals surface area contributed by atoms with E-state index in [1.807, 2.05) is 24.3 Å². The van der Waals surface area contributed by atoms with Crippen LogP contribution in [0.5, 0.6) is 0 Å². The van der Waals surface area contributed by atoms with Gasteiger partial charge in [-0.15, -0.1) is 0 Å². The standard InChI is InChI=1S/C17H26N2O2/c1-4-6-9-12-19(14(3)20)13-17(21)18-16-11-8-7-10-15(16)5-2/h7-8,10-11H,4-6,9,12-13H2,1-3H3,(H,18,21). The summed E-state index contributed by atoms with van der Waals surface area (Å²) in [7, 11) is 0. The van der Waals surface area contributed by atoms with Gasteiger partial charge in [-0.3, -0.25) is 9.59 Å². The fraction of sp³-hybridized carbons (Fsp3) is 0.529. The van der Waals surface area contributed by atoms with E-state index >= 15 is 0 Å². The third-order valence-corrected chi connectivity index (χ3v) is 3.48. The zero-order valence-electron chi connectivity index (χ0n) is 13.3. The van der Waals surface area contributed by atoms with Gasteiger partial charge in [0.15, 0.2) is 0 Å². The molecule has 0 atom stereocenters. The van der Waals surface area contributed by atoms with E-state index in [0.29, 0.717) is 6.54 Å². The number of unbranched alkanes of at least 4 members (excludes halogenated alkanes) is 2. The van der Waals surface area contributed by atoms with Crippen molar-refractivity contribution in [3.05, 3.63) is 29.8 Å². The Kier molecular flexibility index (Phi) is 7.51. The lowest BCUT2D eigenvalue weighted by Gasteiger charge is -2.20. The molecule has 1 rings (SSSR count). The lowest BCUT2D eigenvalue weighted by atomic mass is 10.1. The van der Waals surface area contributed by atoms with Crippen molar-refractivity contribution in [1.29, 1.82) is 0 Å². The molecule has 0 aliphatic heterocycles. The van der Waals surface area contributed by atoms with E-state index in [4.69, 9.17) is 0 Å². The minimum atomic E-state index is -0.136. The van der Waals surface area contributed by atoms with E-state index in [9.17, 15) is 9.59 Å². The molecule has 4 nitrogen and oxygen atoms in total. The second-order valence-corrected chi connectivity index (χ2v) is 5.21. The largest absolute Gasteiger partial charge is 0.334 e. The van der Waals surface area contributed by atoms with Crippen LogP contribution in [0.15, 0.2) is 24.3 Å². The minimum Gasteiger partial charge on any atom is -0.334 e. The smallest absolute Gasteiger partial charge is 0.244 e. The first-order valence-electron chi connectivity index (χ1n) is 7.71. The molecule has 0 spiro atoms. The predicted octanol–water partition coefficient (Wildman–Crippen LogP) is 3.23. The molecule has 0 fully saturated rings. The van der Waals surface area contributed by atoms with E-state index in [0.717, 1.165) is 36.9 Å². The molecule has 2 amide bonds. The van der Waals surface area contributed by atoms with Gasteiger partial charge in [-0.1, -0.05) is 44.9 Å². The average molecular weight is 290 g/mol. The van der Waals surface area contributed by atoms with Gasteiger partial charge in [0.05, 0.1) is 6.54 Å². The zero-order chi connectivity index (χ0) is 15.7. The minimum absolute atomic E-state index is 0.0509. The highest BCUT2D eigenvalue weighted by atomic mass is 16.2. The first-order valence-corrected chi connectivity index (χ1v) is 7.71. The summed E-state index contributed by atoms with van der Waals surface area (Å²) in [6.07, 6.45) is 3.98. The Hall–Kier alpha value is -1.84. The monoisotopic (exact) mass is 290 g/mol. The van der Waals surface area contributed by atoms with Crippen LogP contribution in [0.4, 0.5) is 5.69 Å². The maximum Gasteiger partial charge on any atom is 0.244 e. The van der Waals surface area contributed by atoms with Crippen molar-refractivity contribution < 1.29 is 9.59 Å². The summed E-state index contributed by atoms with van der Waals surface area (Å²) in [5, 5.41) is 2.90. The molecule has 0 bridgehead atoms. The molecule has 1 aromatic rings. The number of carbonyl (C=O) groups is 2. The Labute approximate surface area is 127 Å². The van der Waals surface area contributed by atoms with Crippen molar-refractivity contribution in [1.82, 2.24) is 4.90 Å². The van der Waals surface area contributed by atoms with Gasteiger partial charge in [0, 0.05) is 19.2 Å². The van der Waals surface area contributed by atoms with Gasteiger partial charge in [-0.05, 0) is 24.5 Å². The van der Waals surface area contributed by atoms with Gasteiger partial charge in [-0.2, -0.15) is 0 Å². The molecule has 4 heteroatoms. The second kappa shape index (κ2) is 9.16. The molecule has 0 heterocycles. The molecule has 21 heavy (non-hydrogen) atoms. The van der Waals surface area contributed by atoms with E-state index in [1.54, 1.807) is 4.90 Å². The number of hydrogen-bond acceptors (Lipinski definition) is 2. The van der Waals surface area contributed by atoms with Crippen LogP contribution in [0, 0.1) is 0 Å². The van der Waals surface area contributed by atoms with Crippen molar-refractivity contribution >= 4 is 17.5 Å². The number of nitrogens with zero attached hydrogens (tertiary/aromatic N) is 1. The van der Waals surface area contributed by atoms with Crippen LogP contribution in [0.1, 0.15) is 45.6 Å². The van der Waals surface area contributed by atoms with E-state index in [2.05, 4.69) is 19.2 Å². The molecule has 0 aliphatic carbocycles. The van der Waals surface area contributed by atoms with Gasteiger partial charge in [0.2, 0.25) is 11.8 Å². The molecule has 0 saturated carbocycles. The first-order chi connectivity index (χ1) is 10.1. The summed E-state index contributed by atoms with van der Waals surface area (Å²) in [6.45, 7) is 6.45. The summed E-state index contributed by atoms with van der Waals surface area (Å²) < 4.78 is 0. The number of nitrogens with one attached hydrogen (secondary N) is 1. The van der Waals surface area contributed by atoms with Gasteiger partial charge in [0.25, 0.3) is 0 Å². The number of benzene rings is 1. The normalized spacial score (nSPS) is 10.2. The highest BCUT2D eigenvalue weighted by Gasteiger charge is 2.14. The van der Waals surface area contributed by atoms with Crippen LogP contribution in [0.2, 0.25) is 0 Å². The molecule has 0 radical (unpaired) electrons. The Morgan fingerprint density at radius 2 is 1.86 bits per heavy atom. The molecule has 116 valence electrons. The first kappa shape index (κ1) is 17.2. The van der Waals surface area contributed by atoms with Crippen LogP contribution >= 0.6 is 0 Å².